The van der Waals surface area contributed by atoms with E-state index in [0.717, 1.165) is 11.3 Å². The van der Waals surface area contributed by atoms with Crippen LogP contribution in [-0.2, 0) is 4.79 Å². The summed E-state index contributed by atoms with van der Waals surface area (Å²) < 4.78 is 24.3. The number of amides is 1. The van der Waals surface area contributed by atoms with E-state index in [1.807, 2.05) is 24.3 Å². The van der Waals surface area contributed by atoms with Crippen molar-refractivity contribution >= 4 is 23.4 Å². The number of rotatable bonds is 4. The van der Waals surface area contributed by atoms with E-state index in [0.29, 0.717) is 28.3 Å². The maximum atomic E-state index is 13.5. The van der Waals surface area contributed by atoms with Crippen molar-refractivity contribution < 1.29 is 18.7 Å². The van der Waals surface area contributed by atoms with Crippen molar-refractivity contribution in [3.8, 4) is 11.5 Å². The first-order valence-electron chi connectivity index (χ1n) is 9.67. The lowest BCUT2D eigenvalue weighted by Gasteiger charge is -2.18. The number of methoxy groups -OCH3 is 2. The molecule has 31 heavy (non-hydrogen) atoms. The number of halogens is 1. The highest BCUT2D eigenvalue weighted by Crippen LogP contribution is 2.31. The summed E-state index contributed by atoms with van der Waals surface area (Å²) >= 11 is 0. The van der Waals surface area contributed by atoms with Crippen LogP contribution in [0.4, 0.5) is 10.1 Å². The average Bonchev–Trinajstić information content (AvgIpc) is 2.90. The summed E-state index contributed by atoms with van der Waals surface area (Å²) in [6.07, 6.45) is 1.68. The molecule has 5 nitrogen and oxygen atoms in total. The van der Waals surface area contributed by atoms with Crippen LogP contribution in [0.2, 0.25) is 0 Å². The molecule has 0 fully saturated rings. The smallest absolute Gasteiger partial charge is 0.276 e. The van der Waals surface area contributed by atoms with Gasteiger partial charge in [0.1, 0.15) is 23.0 Å². The Morgan fingerprint density at radius 2 is 1.71 bits per heavy atom. The fraction of sp³-hybridized carbons (Fsp3) is 0.120. The van der Waals surface area contributed by atoms with Gasteiger partial charge in [-0.1, -0.05) is 18.2 Å². The van der Waals surface area contributed by atoms with E-state index < -0.39 is 0 Å². The van der Waals surface area contributed by atoms with E-state index in [4.69, 9.17) is 14.5 Å². The molecule has 0 unspecified atom stereocenters. The number of fused-ring (bicyclic) bond motifs is 1. The molecule has 0 radical (unpaired) electrons. The second kappa shape index (κ2) is 8.44. The van der Waals surface area contributed by atoms with Crippen LogP contribution in [0, 0.1) is 5.82 Å². The molecule has 0 aliphatic carbocycles. The number of para-hydroxylation sites is 1. The minimum atomic E-state index is -0.337. The first kappa shape index (κ1) is 20.3. The van der Waals surface area contributed by atoms with Crippen LogP contribution in [0.15, 0.2) is 77.4 Å². The Morgan fingerprint density at radius 1 is 0.968 bits per heavy atom. The van der Waals surface area contributed by atoms with Crippen molar-refractivity contribution in [1.82, 2.24) is 0 Å². The molecule has 1 heterocycles. The highest BCUT2D eigenvalue weighted by Gasteiger charge is 2.26. The maximum absolute atomic E-state index is 13.5. The summed E-state index contributed by atoms with van der Waals surface area (Å²) in [6.45, 7) is 0. The van der Waals surface area contributed by atoms with Gasteiger partial charge in [0.2, 0.25) is 0 Å². The molecular formula is C25H21FN2O3. The Balaban J connectivity index is 1.95. The van der Waals surface area contributed by atoms with Crippen molar-refractivity contribution in [3.63, 3.8) is 0 Å². The Hall–Kier alpha value is -3.93. The first-order chi connectivity index (χ1) is 15.0. The molecule has 0 bridgehead atoms. The molecule has 0 aromatic heterocycles. The fourth-order valence-corrected chi connectivity index (χ4v) is 3.50. The summed E-state index contributed by atoms with van der Waals surface area (Å²) in [5.41, 5.74) is 3.68. The zero-order chi connectivity index (χ0) is 22.0. The van der Waals surface area contributed by atoms with Gasteiger partial charge in [0.15, 0.2) is 0 Å². The largest absolute Gasteiger partial charge is 0.497 e. The Labute approximate surface area is 180 Å². The van der Waals surface area contributed by atoms with Crippen molar-refractivity contribution in [2.45, 2.75) is 0 Å². The van der Waals surface area contributed by atoms with Gasteiger partial charge in [0, 0.05) is 23.7 Å². The quantitative estimate of drug-likeness (QED) is 0.580. The van der Waals surface area contributed by atoms with Crippen molar-refractivity contribution in [2.24, 2.45) is 4.99 Å². The zero-order valence-electron chi connectivity index (χ0n) is 17.4. The second-order valence-electron chi connectivity index (χ2n) is 6.99. The minimum Gasteiger partial charge on any atom is -0.497 e. The third kappa shape index (κ3) is 3.92. The van der Waals surface area contributed by atoms with Gasteiger partial charge in [-0.3, -0.25) is 4.79 Å². The normalized spacial score (nSPS) is 14.7. The monoisotopic (exact) mass is 416 g/mol. The number of carbonyl (C=O) groups is 1. The molecule has 0 saturated heterocycles. The molecular weight excluding hydrogens is 395 g/mol. The zero-order valence-corrected chi connectivity index (χ0v) is 17.4. The number of anilines is 1. The molecule has 0 spiro atoms. The van der Waals surface area contributed by atoms with E-state index in [-0.39, 0.29) is 17.4 Å². The Kier molecular flexibility index (Phi) is 5.54. The van der Waals surface area contributed by atoms with Crippen LogP contribution in [0.25, 0.3) is 6.08 Å². The minimum absolute atomic E-state index is 0.226. The highest BCUT2D eigenvalue weighted by atomic mass is 19.1. The SMILES string of the molecule is COc1ccc(OC)c(/C=C2\N=C(c3ccc(F)cc3)c3ccccc3N(C)C2=O)c1. The Morgan fingerprint density at radius 3 is 2.42 bits per heavy atom. The molecule has 0 atom stereocenters. The lowest BCUT2D eigenvalue weighted by atomic mass is 10.0. The van der Waals surface area contributed by atoms with Gasteiger partial charge in [0.05, 0.1) is 25.6 Å². The first-order valence-corrected chi connectivity index (χ1v) is 9.67. The third-order valence-corrected chi connectivity index (χ3v) is 5.12. The van der Waals surface area contributed by atoms with Crippen LogP contribution in [0.5, 0.6) is 11.5 Å². The summed E-state index contributed by atoms with van der Waals surface area (Å²) in [7, 11) is 4.85. The van der Waals surface area contributed by atoms with E-state index >= 15 is 0 Å². The highest BCUT2D eigenvalue weighted by molar-refractivity contribution is 6.23. The number of aliphatic imine (C=N–C) groups is 1. The lowest BCUT2D eigenvalue weighted by Crippen LogP contribution is -2.26. The number of nitrogens with zero attached hydrogens (tertiary/aromatic N) is 2. The fourth-order valence-electron chi connectivity index (χ4n) is 3.50. The van der Waals surface area contributed by atoms with Gasteiger partial charge in [-0.05, 0) is 54.6 Å². The van der Waals surface area contributed by atoms with Gasteiger partial charge in [0.25, 0.3) is 5.91 Å². The maximum Gasteiger partial charge on any atom is 0.276 e. The van der Waals surface area contributed by atoms with Crippen molar-refractivity contribution in [1.29, 1.82) is 0 Å². The number of hydrogen-bond acceptors (Lipinski definition) is 4. The number of benzodiazepines with no additional fused rings is 1. The van der Waals surface area contributed by atoms with Gasteiger partial charge in [-0.25, -0.2) is 9.38 Å². The van der Waals surface area contributed by atoms with Gasteiger partial charge < -0.3 is 14.4 Å². The molecule has 3 aromatic rings. The van der Waals surface area contributed by atoms with Crippen LogP contribution in [-0.4, -0.2) is 32.9 Å². The topological polar surface area (TPSA) is 51.1 Å². The van der Waals surface area contributed by atoms with Crippen LogP contribution >= 0.6 is 0 Å². The van der Waals surface area contributed by atoms with Crippen LogP contribution in [0.3, 0.4) is 0 Å². The number of likely N-dealkylation sites (N-methyl/N-ethyl adjacent to an activating group) is 1. The van der Waals surface area contributed by atoms with Crippen LogP contribution in [0.1, 0.15) is 16.7 Å². The molecule has 156 valence electrons. The molecule has 3 aromatic carbocycles. The van der Waals surface area contributed by atoms with Crippen molar-refractivity contribution in [3.05, 3.63) is 94.9 Å². The molecule has 4 rings (SSSR count). The van der Waals surface area contributed by atoms with E-state index in [1.165, 1.54) is 12.1 Å². The van der Waals surface area contributed by atoms with Gasteiger partial charge in [-0.2, -0.15) is 0 Å². The van der Waals surface area contributed by atoms with E-state index in [2.05, 4.69) is 0 Å². The average molecular weight is 416 g/mol. The third-order valence-electron chi connectivity index (χ3n) is 5.12. The van der Waals surface area contributed by atoms with Crippen molar-refractivity contribution in [2.75, 3.05) is 26.2 Å². The summed E-state index contributed by atoms with van der Waals surface area (Å²) in [5.74, 6) is 0.614. The summed E-state index contributed by atoms with van der Waals surface area (Å²) in [4.78, 5) is 19.6. The number of ether oxygens (including phenoxy) is 2. The molecule has 1 aliphatic heterocycles. The van der Waals surface area contributed by atoms with E-state index in [9.17, 15) is 9.18 Å². The van der Waals surface area contributed by atoms with Gasteiger partial charge in [-0.15, -0.1) is 0 Å². The van der Waals surface area contributed by atoms with Gasteiger partial charge >= 0.3 is 0 Å². The Bertz CT molecular complexity index is 1200. The van der Waals surface area contributed by atoms with Crippen LogP contribution < -0.4 is 14.4 Å². The standard InChI is InChI=1S/C25H21FN2O3/c1-28-22-7-5-4-6-20(22)24(16-8-10-18(26)11-9-16)27-21(25(28)29)15-17-14-19(30-2)12-13-23(17)31-3/h4-15H,1-3H3/b21-15-. The van der Waals surface area contributed by atoms with E-state index in [1.54, 1.807) is 62.6 Å². The number of hydrogen-bond donors (Lipinski definition) is 0. The molecule has 6 heteroatoms. The molecule has 0 saturated carbocycles. The predicted molar refractivity (Wildman–Crippen MR) is 119 cm³/mol. The molecule has 0 N–H and O–H groups in total. The summed E-state index contributed by atoms with van der Waals surface area (Å²) in [6, 6.07) is 18.9. The molecule has 1 aliphatic rings. The molecule has 1 amide bonds. The number of benzene rings is 3. The lowest BCUT2D eigenvalue weighted by molar-refractivity contribution is -0.114. The second-order valence-corrected chi connectivity index (χ2v) is 6.99. The summed E-state index contributed by atoms with van der Waals surface area (Å²) in [5, 5.41) is 0. The predicted octanol–water partition coefficient (Wildman–Crippen LogP) is 4.70. The number of carbonyl (C=O) groups excluding carboxylic acids is 1.